The normalized spacial score (nSPS) is 16.0. The smallest absolute Gasteiger partial charge is 0.340 e. The maximum atomic E-state index is 12.7. The monoisotopic (exact) mass is 435 g/mol. The number of esters is 1. The quantitative estimate of drug-likeness (QED) is 0.702. The lowest BCUT2D eigenvalue weighted by atomic mass is 9.93. The summed E-state index contributed by atoms with van der Waals surface area (Å²) in [5.74, 6) is -1.65. The fraction of sp³-hybridized carbons (Fsp3) is 0.250. The molecule has 1 aliphatic rings. The van der Waals surface area contributed by atoms with E-state index in [0.29, 0.717) is 13.0 Å². The van der Waals surface area contributed by atoms with Gasteiger partial charge in [-0.3, -0.25) is 14.5 Å². The van der Waals surface area contributed by atoms with Gasteiger partial charge in [-0.15, -0.1) is 0 Å². The largest absolute Gasteiger partial charge is 0.465 e. The number of benzene rings is 2. The SMILES string of the molecule is COC(=O)c1cc(Cl)cc(Cl)c1NC(=O)CN1Cc2ccccc2C[C@H]1C(N)=O. The highest BCUT2D eigenvalue weighted by Crippen LogP contribution is 2.31. The molecule has 0 bridgehead atoms. The van der Waals surface area contributed by atoms with Crippen LogP contribution >= 0.6 is 23.2 Å². The molecule has 0 unspecified atom stereocenters. The number of primary amides is 1. The van der Waals surface area contributed by atoms with Crippen LogP contribution in [0.15, 0.2) is 36.4 Å². The predicted molar refractivity (Wildman–Crippen MR) is 110 cm³/mol. The summed E-state index contributed by atoms with van der Waals surface area (Å²) in [6.45, 7) is 0.289. The molecule has 3 N–H and O–H groups in total. The minimum atomic E-state index is -0.688. The number of rotatable bonds is 5. The number of methoxy groups -OCH3 is 1. The minimum absolute atomic E-state index is 0.0359. The predicted octanol–water partition coefficient (Wildman–Crippen LogP) is 2.63. The molecule has 2 aromatic carbocycles. The fourth-order valence-electron chi connectivity index (χ4n) is 3.36. The number of nitrogens with two attached hydrogens (primary N) is 1. The maximum absolute atomic E-state index is 12.7. The molecule has 3 rings (SSSR count). The van der Waals surface area contributed by atoms with Gasteiger partial charge in [-0.05, 0) is 29.7 Å². The first-order valence-corrected chi connectivity index (χ1v) is 9.53. The molecule has 2 aromatic rings. The van der Waals surface area contributed by atoms with E-state index >= 15 is 0 Å². The molecule has 1 atom stereocenters. The van der Waals surface area contributed by atoms with Gasteiger partial charge in [0.2, 0.25) is 11.8 Å². The topological polar surface area (TPSA) is 102 Å². The molecule has 0 spiro atoms. The molecule has 152 valence electrons. The molecule has 0 radical (unpaired) electrons. The van der Waals surface area contributed by atoms with Crippen molar-refractivity contribution >= 4 is 46.7 Å². The number of halogens is 2. The van der Waals surface area contributed by atoms with Gasteiger partial charge in [0.05, 0.1) is 36.0 Å². The Hall–Kier alpha value is -2.61. The molecule has 0 saturated heterocycles. The molecule has 0 fully saturated rings. The summed E-state index contributed by atoms with van der Waals surface area (Å²) in [7, 11) is 1.21. The highest BCUT2D eigenvalue weighted by molar-refractivity contribution is 6.37. The third-order valence-electron chi connectivity index (χ3n) is 4.75. The number of ether oxygens (including phenoxy) is 1. The van der Waals surface area contributed by atoms with E-state index in [2.05, 4.69) is 5.32 Å². The van der Waals surface area contributed by atoms with Crippen LogP contribution in [0.4, 0.5) is 5.69 Å². The van der Waals surface area contributed by atoms with E-state index < -0.39 is 23.8 Å². The molecular weight excluding hydrogens is 417 g/mol. The number of hydrogen-bond acceptors (Lipinski definition) is 5. The zero-order chi connectivity index (χ0) is 21.1. The Morgan fingerprint density at radius 2 is 1.90 bits per heavy atom. The van der Waals surface area contributed by atoms with Crippen molar-refractivity contribution in [1.82, 2.24) is 4.90 Å². The van der Waals surface area contributed by atoms with Crippen molar-refractivity contribution in [3.8, 4) is 0 Å². The van der Waals surface area contributed by atoms with Gasteiger partial charge >= 0.3 is 5.97 Å². The van der Waals surface area contributed by atoms with Gasteiger partial charge < -0.3 is 15.8 Å². The average Bonchev–Trinajstić information content (AvgIpc) is 2.68. The summed E-state index contributed by atoms with van der Waals surface area (Å²) < 4.78 is 4.73. The van der Waals surface area contributed by atoms with Crippen molar-refractivity contribution < 1.29 is 19.1 Å². The van der Waals surface area contributed by atoms with Crippen molar-refractivity contribution in [1.29, 1.82) is 0 Å². The van der Waals surface area contributed by atoms with Crippen LogP contribution in [0.25, 0.3) is 0 Å². The summed E-state index contributed by atoms with van der Waals surface area (Å²) in [4.78, 5) is 38.4. The van der Waals surface area contributed by atoms with Crippen LogP contribution in [-0.2, 0) is 27.3 Å². The Labute approximate surface area is 177 Å². The van der Waals surface area contributed by atoms with Gasteiger partial charge in [0.15, 0.2) is 0 Å². The molecule has 2 amide bonds. The number of nitrogens with one attached hydrogen (secondary N) is 1. The van der Waals surface area contributed by atoms with Gasteiger partial charge in [-0.25, -0.2) is 4.79 Å². The Morgan fingerprint density at radius 1 is 1.21 bits per heavy atom. The number of hydrogen-bond donors (Lipinski definition) is 2. The van der Waals surface area contributed by atoms with E-state index in [0.717, 1.165) is 11.1 Å². The molecule has 7 nitrogen and oxygen atoms in total. The first-order chi connectivity index (χ1) is 13.8. The van der Waals surface area contributed by atoms with Gasteiger partial charge in [0, 0.05) is 11.6 Å². The Kier molecular flexibility index (Phi) is 6.42. The number of anilines is 1. The number of carbonyl (C=O) groups excluding carboxylic acids is 3. The summed E-state index contributed by atoms with van der Waals surface area (Å²) in [6.07, 6.45) is 0.425. The molecule has 0 aliphatic carbocycles. The second-order valence-electron chi connectivity index (χ2n) is 6.65. The first-order valence-electron chi connectivity index (χ1n) is 8.77. The Bertz CT molecular complexity index is 980. The van der Waals surface area contributed by atoms with Crippen molar-refractivity contribution in [2.45, 2.75) is 19.0 Å². The van der Waals surface area contributed by atoms with Gasteiger partial charge in [0.1, 0.15) is 0 Å². The highest BCUT2D eigenvalue weighted by Gasteiger charge is 2.31. The third-order valence-corrected chi connectivity index (χ3v) is 5.26. The zero-order valence-electron chi connectivity index (χ0n) is 15.6. The van der Waals surface area contributed by atoms with Crippen LogP contribution in [0.2, 0.25) is 10.0 Å². The van der Waals surface area contributed by atoms with Crippen LogP contribution in [0.5, 0.6) is 0 Å². The van der Waals surface area contributed by atoms with Crippen molar-refractivity contribution in [3.05, 3.63) is 63.1 Å². The Morgan fingerprint density at radius 3 is 2.55 bits per heavy atom. The van der Waals surface area contributed by atoms with Crippen molar-refractivity contribution in [3.63, 3.8) is 0 Å². The number of fused-ring (bicyclic) bond motifs is 1. The molecule has 0 aromatic heterocycles. The van der Waals surface area contributed by atoms with Gasteiger partial charge in [-0.2, -0.15) is 0 Å². The molecule has 1 heterocycles. The lowest BCUT2D eigenvalue weighted by molar-refractivity contribution is -0.125. The third kappa shape index (κ3) is 4.70. The second-order valence-corrected chi connectivity index (χ2v) is 7.49. The number of carbonyl (C=O) groups is 3. The molecule has 1 aliphatic heterocycles. The molecule has 9 heteroatoms. The summed E-state index contributed by atoms with van der Waals surface area (Å²) in [5, 5.41) is 2.96. The van der Waals surface area contributed by atoms with Crippen LogP contribution in [-0.4, -0.2) is 42.4 Å². The summed E-state index contributed by atoms with van der Waals surface area (Å²) in [6, 6.07) is 9.85. The van der Waals surface area contributed by atoms with Crippen LogP contribution in [0.3, 0.4) is 0 Å². The maximum Gasteiger partial charge on any atom is 0.340 e. The van der Waals surface area contributed by atoms with E-state index in [1.807, 2.05) is 24.3 Å². The first kappa shape index (κ1) is 21.1. The van der Waals surface area contributed by atoms with Crippen molar-refractivity contribution in [2.75, 3.05) is 19.0 Å². The van der Waals surface area contributed by atoms with Crippen LogP contribution in [0, 0.1) is 0 Å². The highest BCUT2D eigenvalue weighted by atomic mass is 35.5. The van der Waals surface area contributed by atoms with E-state index in [1.165, 1.54) is 19.2 Å². The van der Waals surface area contributed by atoms with Gasteiger partial charge in [-0.1, -0.05) is 47.5 Å². The molecule has 0 saturated carbocycles. The molecular formula is C20H19Cl2N3O4. The lowest BCUT2D eigenvalue weighted by Gasteiger charge is -2.34. The minimum Gasteiger partial charge on any atom is -0.465 e. The average molecular weight is 436 g/mol. The summed E-state index contributed by atoms with van der Waals surface area (Å²) in [5.41, 5.74) is 7.75. The van der Waals surface area contributed by atoms with E-state index in [-0.39, 0.29) is 27.8 Å². The number of nitrogens with zero attached hydrogens (tertiary/aromatic N) is 1. The van der Waals surface area contributed by atoms with E-state index in [4.69, 9.17) is 33.7 Å². The standard InChI is InChI=1S/C20H19Cl2N3O4/c1-29-20(28)14-7-13(21)8-15(22)18(14)24-17(26)10-25-9-12-5-3-2-4-11(12)6-16(25)19(23)27/h2-5,7-8,16H,6,9-10H2,1H3,(H2,23,27)(H,24,26)/t16-/m0/s1. The fourth-order valence-corrected chi connectivity index (χ4v) is 3.90. The zero-order valence-corrected chi connectivity index (χ0v) is 17.1. The molecule has 29 heavy (non-hydrogen) atoms. The second kappa shape index (κ2) is 8.82. The van der Waals surface area contributed by atoms with E-state index in [1.54, 1.807) is 4.90 Å². The van der Waals surface area contributed by atoms with Gasteiger partial charge in [0.25, 0.3) is 0 Å². The Balaban J connectivity index is 1.82. The summed E-state index contributed by atoms with van der Waals surface area (Å²) >= 11 is 12.1. The van der Waals surface area contributed by atoms with Crippen molar-refractivity contribution in [2.24, 2.45) is 5.73 Å². The lowest BCUT2D eigenvalue weighted by Crippen LogP contribution is -2.51. The van der Waals surface area contributed by atoms with Crippen LogP contribution < -0.4 is 11.1 Å². The van der Waals surface area contributed by atoms with Crippen LogP contribution in [0.1, 0.15) is 21.5 Å². The number of amides is 2. The van der Waals surface area contributed by atoms with E-state index in [9.17, 15) is 14.4 Å².